The molecule has 4 rings (SSSR count). The largest absolute Gasteiger partial charge is 0.493 e. The van der Waals surface area contributed by atoms with E-state index in [-0.39, 0.29) is 23.6 Å². The van der Waals surface area contributed by atoms with Gasteiger partial charge in [0.05, 0.1) is 12.5 Å². The van der Waals surface area contributed by atoms with Crippen molar-refractivity contribution < 1.29 is 19.0 Å². The Morgan fingerprint density at radius 3 is 3.04 bits per heavy atom. The number of hydrogen-bond donors (Lipinski definition) is 1. The Morgan fingerprint density at radius 2 is 2.29 bits per heavy atom. The van der Waals surface area contributed by atoms with Gasteiger partial charge in [0.2, 0.25) is 0 Å². The van der Waals surface area contributed by atoms with Crippen LogP contribution in [0.1, 0.15) is 36.5 Å². The molecule has 2 aliphatic heterocycles. The average molecular weight is 329 g/mol. The highest BCUT2D eigenvalue weighted by Gasteiger charge is 2.53. The molecule has 24 heavy (non-hydrogen) atoms. The van der Waals surface area contributed by atoms with Crippen molar-refractivity contribution in [3.63, 3.8) is 0 Å². The van der Waals surface area contributed by atoms with E-state index in [1.54, 1.807) is 7.11 Å². The van der Waals surface area contributed by atoms with E-state index in [1.807, 2.05) is 6.08 Å². The number of carbonyl (C=O) groups excluding carboxylic acids is 1. The van der Waals surface area contributed by atoms with Crippen molar-refractivity contribution in [1.29, 1.82) is 0 Å². The molecule has 3 atom stereocenters. The summed E-state index contributed by atoms with van der Waals surface area (Å²) >= 11 is 0. The molecule has 5 heteroatoms. The van der Waals surface area contributed by atoms with Gasteiger partial charge in [-0.25, -0.2) is 0 Å². The molecule has 0 saturated heterocycles. The summed E-state index contributed by atoms with van der Waals surface area (Å²) in [4.78, 5) is 11.3. The number of aryl methyl sites for hydroxylation is 1. The maximum atomic E-state index is 11.3. The fourth-order valence-electron chi connectivity index (χ4n) is 4.40. The molecule has 0 amide bonds. The van der Waals surface area contributed by atoms with Crippen molar-refractivity contribution >= 4 is 5.97 Å². The minimum atomic E-state index is -0.257. The van der Waals surface area contributed by atoms with Gasteiger partial charge in [-0.05, 0) is 43.2 Å². The summed E-state index contributed by atoms with van der Waals surface area (Å²) in [6, 6.07) is 2.06. The van der Waals surface area contributed by atoms with E-state index in [4.69, 9.17) is 14.2 Å². The molecule has 0 fully saturated rings. The molecule has 3 aliphatic rings. The lowest BCUT2D eigenvalue weighted by Gasteiger charge is -2.36. The predicted octanol–water partition coefficient (Wildman–Crippen LogP) is 2.39. The van der Waals surface area contributed by atoms with Crippen LogP contribution in [0.25, 0.3) is 0 Å². The molecular formula is C19H23NO4. The Bertz CT molecular complexity index is 727. The average Bonchev–Trinajstić information content (AvgIpc) is 2.74. The molecule has 0 saturated carbocycles. The molecule has 1 aliphatic carbocycles. The minimum Gasteiger partial charge on any atom is -0.493 e. The Balaban J connectivity index is 1.85. The summed E-state index contributed by atoms with van der Waals surface area (Å²) in [6.45, 7) is 5.35. The van der Waals surface area contributed by atoms with Crippen LogP contribution in [-0.4, -0.2) is 31.8 Å². The van der Waals surface area contributed by atoms with Gasteiger partial charge in [-0.1, -0.05) is 6.08 Å². The molecule has 1 aromatic carbocycles. The minimum absolute atomic E-state index is 0.0313. The van der Waals surface area contributed by atoms with Crippen molar-refractivity contribution in [2.75, 3.05) is 13.7 Å². The van der Waals surface area contributed by atoms with Crippen LogP contribution < -0.4 is 14.8 Å². The number of carbonyl (C=O) groups is 1. The van der Waals surface area contributed by atoms with Gasteiger partial charge in [0.25, 0.3) is 0 Å². The highest BCUT2D eigenvalue weighted by molar-refractivity contribution is 5.67. The highest BCUT2D eigenvalue weighted by Crippen LogP contribution is 2.56. The van der Waals surface area contributed by atoms with Gasteiger partial charge < -0.3 is 19.5 Å². The molecule has 1 spiro atoms. The lowest BCUT2D eigenvalue weighted by atomic mass is 9.68. The van der Waals surface area contributed by atoms with Crippen molar-refractivity contribution in [2.45, 2.75) is 50.9 Å². The molecule has 0 bridgehead atoms. The fourth-order valence-corrected chi connectivity index (χ4v) is 4.40. The summed E-state index contributed by atoms with van der Waals surface area (Å²) in [5.74, 6) is 1.40. The van der Waals surface area contributed by atoms with E-state index in [2.05, 4.69) is 24.4 Å². The van der Waals surface area contributed by atoms with Gasteiger partial charge in [-0.2, -0.15) is 0 Å². The topological polar surface area (TPSA) is 56.8 Å². The van der Waals surface area contributed by atoms with Crippen LogP contribution in [0, 0.1) is 6.92 Å². The van der Waals surface area contributed by atoms with Gasteiger partial charge in [0.1, 0.15) is 12.2 Å². The molecule has 0 aromatic heterocycles. The van der Waals surface area contributed by atoms with Crippen molar-refractivity contribution in [3.05, 3.63) is 34.9 Å². The molecular weight excluding hydrogens is 306 g/mol. The van der Waals surface area contributed by atoms with Crippen molar-refractivity contribution in [3.8, 4) is 11.5 Å². The maximum absolute atomic E-state index is 11.3. The molecule has 1 aromatic rings. The third kappa shape index (κ3) is 2.14. The van der Waals surface area contributed by atoms with E-state index < -0.39 is 0 Å². The Hall–Kier alpha value is -2.01. The van der Waals surface area contributed by atoms with Crippen LogP contribution in [0.4, 0.5) is 0 Å². The third-order valence-corrected chi connectivity index (χ3v) is 5.49. The third-order valence-electron chi connectivity index (χ3n) is 5.49. The van der Waals surface area contributed by atoms with Crippen molar-refractivity contribution in [2.24, 2.45) is 0 Å². The zero-order valence-electron chi connectivity index (χ0n) is 14.3. The van der Waals surface area contributed by atoms with Crippen LogP contribution in [-0.2, 0) is 21.5 Å². The van der Waals surface area contributed by atoms with E-state index in [1.165, 1.54) is 23.6 Å². The van der Waals surface area contributed by atoms with E-state index in [9.17, 15) is 4.79 Å². The lowest BCUT2D eigenvalue weighted by molar-refractivity contribution is -0.145. The van der Waals surface area contributed by atoms with Crippen LogP contribution >= 0.6 is 0 Å². The second-order valence-electron chi connectivity index (χ2n) is 6.89. The van der Waals surface area contributed by atoms with Gasteiger partial charge in [-0.3, -0.25) is 4.79 Å². The van der Waals surface area contributed by atoms with Crippen molar-refractivity contribution in [1.82, 2.24) is 5.32 Å². The number of esters is 1. The predicted molar refractivity (Wildman–Crippen MR) is 89.5 cm³/mol. The van der Waals surface area contributed by atoms with E-state index >= 15 is 0 Å². The van der Waals surface area contributed by atoms with Crippen LogP contribution in [0.2, 0.25) is 0 Å². The van der Waals surface area contributed by atoms with Crippen LogP contribution in [0.3, 0.4) is 0 Å². The molecule has 0 radical (unpaired) electrons. The maximum Gasteiger partial charge on any atom is 0.303 e. The van der Waals surface area contributed by atoms with Gasteiger partial charge >= 0.3 is 5.97 Å². The summed E-state index contributed by atoms with van der Waals surface area (Å²) in [7, 11) is 1.68. The molecule has 128 valence electrons. The number of hydrogen-bond acceptors (Lipinski definition) is 5. The summed E-state index contributed by atoms with van der Waals surface area (Å²) in [5.41, 5.74) is 3.62. The first-order chi connectivity index (χ1) is 11.5. The quantitative estimate of drug-likeness (QED) is 0.667. The monoisotopic (exact) mass is 329 g/mol. The standard InChI is InChI=1S/C19H23NO4/c1-11-8-15(22-3)18-17-14(11)10-20-7-6-19(17)5-4-13(23-12(2)21)9-16(19)24-18/h4-5,8,13,16,20H,6-7,9-10H2,1-3H3/t13-,16?,19?/m1/s1. The van der Waals surface area contributed by atoms with Gasteiger partial charge in [0, 0.05) is 25.5 Å². The first-order valence-corrected chi connectivity index (χ1v) is 8.50. The molecule has 5 nitrogen and oxygen atoms in total. The first-order valence-electron chi connectivity index (χ1n) is 8.50. The molecule has 2 heterocycles. The summed E-state index contributed by atoms with van der Waals surface area (Å²) in [6.07, 6.45) is 5.62. The lowest BCUT2D eigenvalue weighted by Crippen LogP contribution is -2.43. The normalized spacial score (nSPS) is 30.0. The van der Waals surface area contributed by atoms with E-state index in [0.717, 1.165) is 31.0 Å². The van der Waals surface area contributed by atoms with Gasteiger partial charge in [-0.15, -0.1) is 0 Å². The van der Waals surface area contributed by atoms with Crippen LogP contribution in [0.15, 0.2) is 18.2 Å². The van der Waals surface area contributed by atoms with Gasteiger partial charge in [0.15, 0.2) is 11.5 Å². The summed E-state index contributed by atoms with van der Waals surface area (Å²) in [5, 5.41) is 3.53. The zero-order valence-corrected chi connectivity index (χ0v) is 14.3. The zero-order chi connectivity index (χ0) is 16.9. The Kier molecular flexibility index (Phi) is 3.57. The molecule has 1 N–H and O–H groups in total. The number of rotatable bonds is 2. The number of nitrogens with one attached hydrogen (secondary N) is 1. The number of ether oxygens (including phenoxy) is 3. The first kappa shape index (κ1) is 15.5. The second kappa shape index (κ2) is 5.52. The number of methoxy groups -OCH3 is 1. The highest BCUT2D eigenvalue weighted by atomic mass is 16.5. The second-order valence-corrected chi connectivity index (χ2v) is 6.89. The molecule has 2 unspecified atom stereocenters. The van der Waals surface area contributed by atoms with E-state index in [0.29, 0.717) is 6.42 Å². The Morgan fingerprint density at radius 1 is 1.46 bits per heavy atom. The fraction of sp³-hybridized carbons (Fsp3) is 0.526. The SMILES string of the molecule is COc1cc(C)c2c3c1OC1C[C@H](OC(C)=O)C=CC31CCNC2. The summed E-state index contributed by atoms with van der Waals surface area (Å²) < 4.78 is 17.4. The number of benzene rings is 1. The smallest absolute Gasteiger partial charge is 0.303 e. The Labute approximate surface area is 142 Å². The van der Waals surface area contributed by atoms with Crippen LogP contribution in [0.5, 0.6) is 11.5 Å².